The van der Waals surface area contributed by atoms with Crippen LogP contribution in [-0.2, 0) is 0 Å². The zero-order valence-electron chi connectivity index (χ0n) is 10.1. The normalized spacial score (nSPS) is 10.6. The van der Waals surface area contributed by atoms with E-state index in [1.165, 1.54) is 7.05 Å². The predicted octanol–water partition coefficient (Wildman–Crippen LogP) is 0.490. The van der Waals surface area contributed by atoms with Gasteiger partial charge in [0.05, 0.1) is 18.1 Å². The molecule has 1 heterocycles. The fourth-order valence-corrected chi connectivity index (χ4v) is 1.42. The number of aromatic nitrogens is 2. The van der Waals surface area contributed by atoms with E-state index in [2.05, 4.69) is 15.3 Å². The average Bonchev–Trinajstić information content (AvgIpc) is 2.36. The van der Waals surface area contributed by atoms with Crippen LogP contribution < -0.4 is 10.2 Å². The molecule has 0 aliphatic heterocycles. The Morgan fingerprint density at radius 2 is 2.32 bits per heavy atom. The van der Waals surface area contributed by atoms with Crippen LogP contribution in [-0.4, -0.2) is 53.2 Å². The Hall–Kier alpha value is -2.10. The summed E-state index contributed by atoms with van der Waals surface area (Å²) in [6.45, 7) is -1.38. The molecule has 19 heavy (non-hydrogen) atoms. The standard InChI is InChI=1S/C9H13F2N5O3/c1-12-9-13-4-6(16(18)19)8(14-9)15(2-3-17)5-7(10)11/h4,7,17H,2-3,5H2,1H3,(H,12,13,14). The Morgan fingerprint density at radius 1 is 1.63 bits per heavy atom. The Labute approximate surface area is 107 Å². The largest absolute Gasteiger partial charge is 0.395 e. The molecule has 0 saturated heterocycles. The van der Waals surface area contributed by atoms with Crippen LogP contribution in [0.15, 0.2) is 6.20 Å². The van der Waals surface area contributed by atoms with Crippen LogP contribution in [0, 0.1) is 10.1 Å². The van der Waals surface area contributed by atoms with E-state index >= 15 is 0 Å². The topological polar surface area (TPSA) is 104 Å². The molecule has 1 aromatic rings. The van der Waals surface area contributed by atoms with Crippen LogP contribution in [0.5, 0.6) is 0 Å². The molecule has 1 aromatic heterocycles. The number of aliphatic hydroxyl groups is 1. The third kappa shape index (κ3) is 3.95. The number of alkyl halides is 2. The average molecular weight is 277 g/mol. The Balaban J connectivity index is 3.20. The highest BCUT2D eigenvalue weighted by atomic mass is 19.3. The van der Waals surface area contributed by atoms with Crippen LogP contribution in [0.3, 0.4) is 0 Å². The number of halogens is 2. The monoisotopic (exact) mass is 277 g/mol. The van der Waals surface area contributed by atoms with Gasteiger partial charge in [-0.2, -0.15) is 4.98 Å². The van der Waals surface area contributed by atoms with Crippen LogP contribution in [0.1, 0.15) is 0 Å². The maximum Gasteiger partial charge on any atom is 0.329 e. The summed E-state index contributed by atoms with van der Waals surface area (Å²) in [6, 6.07) is 0. The predicted molar refractivity (Wildman–Crippen MR) is 63.5 cm³/mol. The first-order valence-electron chi connectivity index (χ1n) is 5.32. The lowest BCUT2D eigenvalue weighted by molar-refractivity contribution is -0.384. The quantitative estimate of drug-likeness (QED) is 0.552. The zero-order valence-corrected chi connectivity index (χ0v) is 10.1. The molecular weight excluding hydrogens is 264 g/mol. The van der Waals surface area contributed by atoms with Crippen molar-refractivity contribution in [1.82, 2.24) is 9.97 Å². The molecule has 0 aromatic carbocycles. The Morgan fingerprint density at radius 3 is 2.79 bits per heavy atom. The highest BCUT2D eigenvalue weighted by molar-refractivity contribution is 5.58. The van der Waals surface area contributed by atoms with Crippen molar-refractivity contribution in [2.75, 3.05) is 37.0 Å². The van der Waals surface area contributed by atoms with E-state index in [1.807, 2.05) is 0 Å². The molecule has 0 spiro atoms. The number of anilines is 2. The van der Waals surface area contributed by atoms with Gasteiger partial charge in [0, 0.05) is 13.6 Å². The number of nitro groups is 1. The van der Waals surface area contributed by atoms with Crippen molar-refractivity contribution in [2.24, 2.45) is 0 Å². The second kappa shape index (κ2) is 6.73. The van der Waals surface area contributed by atoms with Crippen LogP contribution in [0.4, 0.5) is 26.2 Å². The van der Waals surface area contributed by atoms with Crippen molar-refractivity contribution in [2.45, 2.75) is 6.43 Å². The summed E-state index contributed by atoms with van der Waals surface area (Å²) >= 11 is 0. The summed E-state index contributed by atoms with van der Waals surface area (Å²) in [7, 11) is 1.49. The molecule has 0 radical (unpaired) electrons. The van der Waals surface area contributed by atoms with Crippen molar-refractivity contribution in [3.63, 3.8) is 0 Å². The van der Waals surface area contributed by atoms with Gasteiger partial charge in [-0.3, -0.25) is 10.1 Å². The van der Waals surface area contributed by atoms with Gasteiger partial charge in [-0.1, -0.05) is 0 Å². The van der Waals surface area contributed by atoms with E-state index in [4.69, 9.17) is 5.11 Å². The van der Waals surface area contributed by atoms with Crippen LogP contribution in [0.25, 0.3) is 0 Å². The van der Waals surface area contributed by atoms with E-state index in [1.54, 1.807) is 0 Å². The van der Waals surface area contributed by atoms with Gasteiger partial charge in [-0.25, -0.2) is 13.8 Å². The van der Waals surface area contributed by atoms with Gasteiger partial charge in [0.25, 0.3) is 6.43 Å². The smallest absolute Gasteiger partial charge is 0.329 e. The first kappa shape index (κ1) is 15.0. The van der Waals surface area contributed by atoms with Gasteiger partial charge in [0.15, 0.2) is 0 Å². The molecule has 0 bridgehead atoms. The Kier molecular flexibility index (Phi) is 5.30. The first-order chi connectivity index (χ1) is 8.99. The van der Waals surface area contributed by atoms with Gasteiger partial charge in [-0.05, 0) is 0 Å². The van der Waals surface area contributed by atoms with Crippen molar-refractivity contribution >= 4 is 17.5 Å². The molecule has 2 N–H and O–H groups in total. The summed E-state index contributed by atoms with van der Waals surface area (Å²) in [5.74, 6) is -0.184. The van der Waals surface area contributed by atoms with E-state index in [0.717, 1.165) is 11.1 Å². The molecule has 1 rings (SSSR count). The summed E-state index contributed by atoms with van der Waals surface area (Å²) in [6.07, 6.45) is -1.77. The lowest BCUT2D eigenvalue weighted by atomic mass is 10.4. The van der Waals surface area contributed by atoms with E-state index < -0.39 is 30.2 Å². The van der Waals surface area contributed by atoms with Gasteiger partial charge in [-0.15, -0.1) is 0 Å². The van der Waals surface area contributed by atoms with Crippen molar-refractivity contribution < 1.29 is 18.8 Å². The number of nitrogens with one attached hydrogen (secondary N) is 1. The summed E-state index contributed by atoms with van der Waals surface area (Å²) in [4.78, 5) is 18.5. The second-order valence-electron chi connectivity index (χ2n) is 3.47. The molecule has 0 atom stereocenters. The van der Waals surface area contributed by atoms with Crippen LogP contribution in [0.2, 0.25) is 0 Å². The molecule has 0 aliphatic rings. The van der Waals surface area contributed by atoms with Gasteiger partial charge in [0.2, 0.25) is 11.8 Å². The molecule has 0 amide bonds. The summed E-state index contributed by atoms with van der Waals surface area (Å²) < 4.78 is 24.9. The van der Waals surface area contributed by atoms with E-state index in [0.29, 0.717) is 0 Å². The SMILES string of the molecule is CNc1ncc([N+](=O)[O-])c(N(CCO)CC(F)F)n1. The molecule has 8 nitrogen and oxygen atoms in total. The highest BCUT2D eigenvalue weighted by Gasteiger charge is 2.24. The summed E-state index contributed by atoms with van der Waals surface area (Å²) in [5, 5.41) is 22.3. The van der Waals surface area contributed by atoms with Gasteiger partial charge in [0.1, 0.15) is 6.20 Å². The number of hydrogen-bond acceptors (Lipinski definition) is 7. The minimum Gasteiger partial charge on any atom is -0.395 e. The maximum absolute atomic E-state index is 12.5. The zero-order chi connectivity index (χ0) is 14.4. The maximum atomic E-state index is 12.5. The third-order valence-corrected chi connectivity index (χ3v) is 2.20. The molecule has 0 saturated carbocycles. The number of aliphatic hydroxyl groups excluding tert-OH is 1. The molecule has 0 fully saturated rings. The van der Waals surface area contributed by atoms with Crippen molar-refractivity contribution in [1.29, 1.82) is 0 Å². The van der Waals surface area contributed by atoms with E-state index in [-0.39, 0.29) is 18.3 Å². The minimum absolute atomic E-state index is 0.0674. The molecular formula is C9H13F2N5O3. The second-order valence-corrected chi connectivity index (χ2v) is 3.47. The molecule has 106 valence electrons. The van der Waals surface area contributed by atoms with E-state index in [9.17, 15) is 18.9 Å². The van der Waals surface area contributed by atoms with Gasteiger partial charge >= 0.3 is 5.69 Å². The first-order valence-corrected chi connectivity index (χ1v) is 5.32. The summed E-state index contributed by atoms with van der Waals surface area (Å²) in [5.41, 5.74) is -0.492. The molecule has 0 aliphatic carbocycles. The fraction of sp³-hybridized carbons (Fsp3) is 0.556. The third-order valence-electron chi connectivity index (χ3n) is 2.20. The molecule has 0 unspecified atom stereocenters. The fourth-order valence-electron chi connectivity index (χ4n) is 1.42. The number of hydrogen-bond donors (Lipinski definition) is 2. The van der Waals surface area contributed by atoms with Crippen LogP contribution >= 0.6 is 0 Å². The molecule has 10 heteroatoms. The minimum atomic E-state index is -2.71. The van der Waals surface area contributed by atoms with Gasteiger partial charge < -0.3 is 15.3 Å². The van der Waals surface area contributed by atoms with Crippen molar-refractivity contribution in [3.8, 4) is 0 Å². The lowest BCUT2D eigenvalue weighted by Gasteiger charge is -2.22. The highest BCUT2D eigenvalue weighted by Crippen LogP contribution is 2.26. The Bertz CT molecular complexity index is 446. The number of rotatable bonds is 7. The number of nitrogens with zero attached hydrogens (tertiary/aromatic N) is 4. The van der Waals surface area contributed by atoms with Crippen molar-refractivity contribution in [3.05, 3.63) is 16.3 Å². The lowest BCUT2D eigenvalue weighted by Crippen LogP contribution is -2.33.